The number of carbonyl (C=O) groups is 2. The van der Waals surface area contributed by atoms with Crippen LogP contribution in [0.5, 0.6) is 0 Å². The fourth-order valence-corrected chi connectivity index (χ4v) is 4.50. The van der Waals surface area contributed by atoms with Crippen LogP contribution in [-0.2, 0) is 9.59 Å². The van der Waals surface area contributed by atoms with Gasteiger partial charge in [-0.05, 0) is 12.8 Å². The van der Waals surface area contributed by atoms with Gasteiger partial charge in [0.1, 0.15) is 0 Å². The Morgan fingerprint density at radius 1 is 0.444 bits per heavy atom. The third-order valence-electron chi connectivity index (χ3n) is 7.00. The smallest absolute Gasteiger partial charge is 0.252 e. The summed E-state index contributed by atoms with van der Waals surface area (Å²) >= 11 is 0. The largest absolute Gasteiger partial charge is 0.380 e. The van der Waals surface area contributed by atoms with Crippen molar-refractivity contribution in [1.29, 1.82) is 0 Å². The van der Waals surface area contributed by atoms with Gasteiger partial charge in [-0.2, -0.15) is 0 Å². The van der Waals surface area contributed by atoms with Gasteiger partial charge in [0, 0.05) is 13.1 Å². The molecule has 0 radical (unpaired) electrons. The van der Waals surface area contributed by atoms with E-state index in [0.717, 1.165) is 38.5 Å². The van der Waals surface area contributed by atoms with E-state index in [1.54, 1.807) is 0 Å². The van der Waals surface area contributed by atoms with Crippen LogP contribution >= 0.6 is 0 Å². The Hall–Kier alpha value is -1.14. The molecule has 0 saturated heterocycles. The summed E-state index contributed by atoms with van der Waals surface area (Å²) in [6, 6.07) is 0. The van der Waals surface area contributed by atoms with Gasteiger partial charge in [-0.15, -0.1) is 0 Å². The van der Waals surface area contributed by atoms with Crippen LogP contribution in [0.25, 0.3) is 0 Å². The van der Waals surface area contributed by atoms with Crippen LogP contribution in [0.1, 0.15) is 155 Å². The molecule has 0 fully saturated rings. The van der Waals surface area contributed by atoms with Crippen LogP contribution in [0.3, 0.4) is 0 Å². The predicted molar refractivity (Wildman–Crippen MR) is 151 cm³/mol. The highest BCUT2D eigenvalue weighted by molar-refractivity contribution is 5.90. The van der Waals surface area contributed by atoms with Gasteiger partial charge < -0.3 is 20.8 Å². The second-order valence-electron chi connectivity index (χ2n) is 10.5. The van der Waals surface area contributed by atoms with E-state index in [9.17, 15) is 19.8 Å². The van der Waals surface area contributed by atoms with E-state index in [0.29, 0.717) is 13.1 Å². The lowest BCUT2D eigenvalue weighted by Gasteiger charge is -2.17. The van der Waals surface area contributed by atoms with Crippen molar-refractivity contribution < 1.29 is 19.8 Å². The van der Waals surface area contributed by atoms with E-state index in [2.05, 4.69) is 24.5 Å². The number of carbonyl (C=O) groups excluding carboxylic acids is 2. The summed E-state index contributed by atoms with van der Waals surface area (Å²) in [5, 5.41) is 25.2. The molecule has 0 aliphatic rings. The van der Waals surface area contributed by atoms with E-state index in [1.165, 1.54) is 103 Å². The van der Waals surface area contributed by atoms with Crippen molar-refractivity contribution in [2.75, 3.05) is 13.1 Å². The Bertz CT molecular complexity index is 501. The molecular formula is C30H60N2O4. The summed E-state index contributed by atoms with van der Waals surface area (Å²) in [7, 11) is 0. The maximum Gasteiger partial charge on any atom is 0.252 e. The van der Waals surface area contributed by atoms with Gasteiger partial charge in [0.2, 0.25) is 0 Å². The number of aliphatic hydroxyl groups is 2. The molecule has 4 N–H and O–H groups in total. The standard InChI is InChI=1S/C30H60N2O4/c1-3-5-7-9-11-12-13-14-15-16-17-18-19-20-22-24-26-32-30(36)28(34)27(33)29(35)31-25-23-21-10-8-6-4-2/h27-28,33-34H,3-26H2,1-2H3,(H,31,35)(H,32,36)/t27-,28-/m1/s1. The SMILES string of the molecule is CCCCCCCCCCCCCCCCCCNC(=O)[C@H](O)[C@@H](O)C(=O)NCCCCCCCC. The van der Waals surface area contributed by atoms with Crippen LogP contribution in [-0.4, -0.2) is 47.3 Å². The first-order valence-electron chi connectivity index (χ1n) is 15.5. The van der Waals surface area contributed by atoms with E-state index in [4.69, 9.17) is 0 Å². The lowest BCUT2D eigenvalue weighted by atomic mass is 10.0. The average Bonchev–Trinajstić information content (AvgIpc) is 2.88. The van der Waals surface area contributed by atoms with Crippen molar-refractivity contribution in [3.8, 4) is 0 Å². The number of amides is 2. The van der Waals surface area contributed by atoms with Crippen molar-refractivity contribution in [3.05, 3.63) is 0 Å². The molecule has 0 unspecified atom stereocenters. The number of unbranched alkanes of at least 4 members (excludes halogenated alkanes) is 20. The maximum absolute atomic E-state index is 12.0. The van der Waals surface area contributed by atoms with Gasteiger partial charge in [-0.3, -0.25) is 9.59 Å². The van der Waals surface area contributed by atoms with Crippen molar-refractivity contribution in [3.63, 3.8) is 0 Å². The minimum atomic E-state index is -1.73. The molecule has 0 bridgehead atoms. The van der Waals surface area contributed by atoms with Crippen LogP contribution < -0.4 is 10.6 Å². The van der Waals surface area contributed by atoms with E-state index in [1.807, 2.05) is 0 Å². The molecule has 0 aromatic rings. The zero-order valence-electron chi connectivity index (χ0n) is 23.8. The summed E-state index contributed by atoms with van der Waals surface area (Å²) in [5.74, 6) is -1.37. The van der Waals surface area contributed by atoms with Gasteiger partial charge in [0.15, 0.2) is 12.2 Å². The second-order valence-corrected chi connectivity index (χ2v) is 10.5. The lowest BCUT2D eigenvalue weighted by Crippen LogP contribution is -2.49. The summed E-state index contributed by atoms with van der Waals surface area (Å²) in [6.07, 6.45) is 23.9. The van der Waals surface area contributed by atoms with Crippen LogP contribution in [0.15, 0.2) is 0 Å². The van der Waals surface area contributed by atoms with Gasteiger partial charge >= 0.3 is 0 Å². The molecule has 6 nitrogen and oxygen atoms in total. The highest BCUT2D eigenvalue weighted by Crippen LogP contribution is 2.13. The third kappa shape index (κ3) is 22.1. The van der Waals surface area contributed by atoms with Crippen molar-refractivity contribution in [2.24, 2.45) is 0 Å². The molecule has 0 aliphatic heterocycles. The summed E-state index contributed by atoms with van der Waals surface area (Å²) in [4.78, 5) is 24.0. The quantitative estimate of drug-likeness (QED) is 0.0936. The molecule has 0 saturated carbocycles. The predicted octanol–water partition coefficient (Wildman–Crippen LogP) is 6.56. The Labute approximate surface area is 222 Å². The topological polar surface area (TPSA) is 98.7 Å². The summed E-state index contributed by atoms with van der Waals surface area (Å²) in [5.41, 5.74) is 0. The third-order valence-corrected chi connectivity index (χ3v) is 7.00. The van der Waals surface area contributed by atoms with E-state index < -0.39 is 24.0 Å². The molecule has 2 atom stereocenters. The highest BCUT2D eigenvalue weighted by atomic mass is 16.3. The Kier molecular flexibility index (Phi) is 26.1. The number of nitrogens with one attached hydrogen (secondary N) is 2. The molecule has 0 spiro atoms. The fourth-order valence-electron chi connectivity index (χ4n) is 4.50. The second kappa shape index (κ2) is 26.9. The number of hydrogen-bond acceptors (Lipinski definition) is 4. The average molecular weight is 513 g/mol. The van der Waals surface area contributed by atoms with Gasteiger partial charge in [0.05, 0.1) is 0 Å². The van der Waals surface area contributed by atoms with Gasteiger partial charge in [0.25, 0.3) is 11.8 Å². The van der Waals surface area contributed by atoms with Crippen molar-refractivity contribution in [1.82, 2.24) is 10.6 Å². The summed E-state index contributed by atoms with van der Waals surface area (Å²) < 4.78 is 0. The normalized spacial score (nSPS) is 12.9. The molecular weight excluding hydrogens is 452 g/mol. The molecule has 2 amide bonds. The van der Waals surface area contributed by atoms with Crippen LogP contribution in [0.4, 0.5) is 0 Å². The van der Waals surface area contributed by atoms with E-state index in [-0.39, 0.29) is 0 Å². The number of aliphatic hydroxyl groups excluding tert-OH is 2. The molecule has 214 valence electrons. The first-order chi connectivity index (χ1) is 17.5. The first-order valence-corrected chi connectivity index (χ1v) is 15.5. The molecule has 0 rings (SSSR count). The molecule has 0 heterocycles. The first kappa shape index (κ1) is 34.9. The number of rotatable bonds is 27. The zero-order valence-corrected chi connectivity index (χ0v) is 23.8. The Morgan fingerprint density at radius 3 is 0.917 bits per heavy atom. The minimum Gasteiger partial charge on any atom is -0.380 e. The van der Waals surface area contributed by atoms with Gasteiger partial charge in [-0.25, -0.2) is 0 Å². The monoisotopic (exact) mass is 512 g/mol. The van der Waals surface area contributed by atoms with Crippen LogP contribution in [0.2, 0.25) is 0 Å². The van der Waals surface area contributed by atoms with Gasteiger partial charge in [-0.1, -0.05) is 142 Å². The molecule has 6 heteroatoms. The maximum atomic E-state index is 12.0. The van der Waals surface area contributed by atoms with Crippen molar-refractivity contribution >= 4 is 11.8 Å². The molecule has 36 heavy (non-hydrogen) atoms. The summed E-state index contributed by atoms with van der Waals surface area (Å²) in [6.45, 7) is 5.35. The molecule has 0 aromatic heterocycles. The van der Waals surface area contributed by atoms with Crippen LogP contribution in [0, 0.1) is 0 Å². The Morgan fingerprint density at radius 2 is 0.667 bits per heavy atom. The molecule has 0 aromatic carbocycles. The highest BCUT2D eigenvalue weighted by Gasteiger charge is 2.29. The minimum absolute atomic E-state index is 0.454. The lowest BCUT2D eigenvalue weighted by molar-refractivity contribution is -0.146. The zero-order chi connectivity index (χ0) is 26.7. The molecule has 0 aliphatic carbocycles. The fraction of sp³-hybridized carbons (Fsp3) is 0.933. The van der Waals surface area contributed by atoms with Crippen molar-refractivity contribution in [2.45, 2.75) is 167 Å². The Balaban J connectivity index is 3.52. The van der Waals surface area contributed by atoms with E-state index >= 15 is 0 Å². The number of hydrogen-bond donors (Lipinski definition) is 4.